The summed E-state index contributed by atoms with van der Waals surface area (Å²) >= 11 is 0. The number of nitrogens with one attached hydrogen (secondary N) is 1. The van der Waals surface area contributed by atoms with E-state index in [0.717, 1.165) is 22.6 Å². The number of imidazole rings is 1. The number of ketones is 1. The summed E-state index contributed by atoms with van der Waals surface area (Å²) in [5.41, 5.74) is 4.22. The number of hydrogen-bond acceptors (Lipinski definition) is 4. The Hall–Kier alpha value is -3.47. The molecule has 2 aromatic heterocycles. The lowest BCUT2D eigenvalue weighted by Crippen LogP contribution is -1.98. The zero-order valence-corrected chi connectivity index (χ0v) is 13.7. The number of carbonyl (C=O) groups is 1. The second-order valence-electron chi connectivity index (χ2n) is 5.74. The number of aromatic nitrogens is 3. The van der Waals surface area contributed by atoms with Gasteiger partial charge in [-0.25, -0.2) is 9.97 Å². The number of carbonyl (C=O) groups excluding carboxylic acids is 1. The van der Waals surface area contributed by atoms with E-state index in [4.69, 9.17) is 0 Å². The Balaban J connectivity index is 1.79. The predicted octanol–water partition coefficient (Wildman–Crippen LogP) is 4.34. The van der Waals surface area contributed by atoms with E-state index < -0.39 is 0 Å². The lowest BCUT2D eigenvalue weighted by atomic mass is 10.1. The van der Waals surface area contributed by atoms with Crippen LogP contribution in [-0.2, 0) is 0 Å². The molecule has 0 aliphatic carbocycles. The molecule has 0 radical (unpaired) electrons. The second kappa shape index (κ2) is 6.20. The van der Waals surface area contributed by atoms with Crippen molar-refractivity contribution in [3.63, 3.8) is 0 Å². The molecule has 25 heavy (non-hydrogen) atoms. The summed E-state index contributed by atoms with van der Waals surface area (Å²) in [4.78, 5) is 20.6. The van der Waals surface area contributed by atoms with Crippen LogP contribution in [-0.4, -0.2) is 20.2 Å². The Kier molecular flexibility index (Phi) is 3.74. The number of hydrogen-bond donors (Lipinski definition) is 1. The van der Waals surface area contributed by atoms with Crippen LogP contribution in [0.4, 0.5) is 11.5 Å². The Morgan fingerprint density at radius 2 is 1.88 bits per heavy atom. The van der Waals surface area contributed by atoms with Crippen molar-refractivity contribution in [3.05, 3.63) is 78.8 Å². The van der Waals surface area contributed by atoms with Crippen LogP contribution in [0.3, 0.4) is 0 Å². The molecular weight excluding hydrogens is 312 g/mol. The summed E-state index contributed by atoms with van der Waals surface area (Å²) < 4.78 is 1.97. The topological polar surface area (TPSA) is 59.3 Å². The van der Waals surface area contributed by atoms with Crippen LogP contribution in [0.15, 0.2) is 73.2 Å². The van der Waals surface area contributed by atoms with Gasteiger partial charge in [-0.15, -0.1) is 0 Å². The first-order valence-corrected chi connectivity index (χ1v) is 7.98. The molecule has 2 aromatic carbocycles. The highest BCUT2D eigenvalue weighted by Crippen LogP contribution is 2.25. The van der Waals surface area contributed by atoms with Crippen LogP contribution in [0, 0.1) is 0 Å². The molecule has 122 valence electrons. The highest BCUT2D eigenvalue weighted by molar-refractivity contribution is 5.95. The van der Waals surface area contributed by atoms with E-state index in [1.165, 1.54) is 0 Å². The maximum Gasteiger partial charge on any atom is 0.180 e. The summed E-state index contributed by atoms with van der Waals surface area (Å²) in [5, 5.41) is 3.29. The minimum Gasteiger partial charge on any atom is -0.337 e. The van der Waals surface area contributed by atoms with Gasteiger partial charge in [0.15, 0.2) is 17.2 Å². The smallest absolute Gasteiger partial charge is 0.180 e. The molecule has 0 aliphatic heterocycles. The van der Waals surface area contributed by atoms with Crippen LogP contribution >= 0.6 is 0 Å². The van der Waals surface area contributed by atoms with Gasteiger partial charge in [-0.05, 0) is 25.1 Å². The molecule has 2 heterocycles. The summed E-state index contributed by atoms with van der Waals surface area (Å²) in [6, 6.07) is 17.4. The number of nitrogens with zero attached hydrogens (tertiary/aromatic N) is 3. The minimum atomic E-state index is 0.0452. The lowest BCUT2D eigenvalue weighted by molar-refractivity contribution is 0.101. The van der Waals surface area contributed by atoms with Gasteiger partial charge in [0.2, 0.25) is 0 Å². The van der Waals surface area contributed by atoms with Gasteiger partial charge in [-0.3, -0.25) is 9.20 Å². The van der Waals surface area contributed by atoms with Crippen molar-refractivity contribution in [2.75, 3.05) is 5.32 Å². The SMILES string of the molecule is CC(=O)c1cccc(-c2cnc3c(Nc4ccccc4)nccn23)c1. The summed E-state index contributed by atoms with van der Waals surface area (Å²) in [6.07, 6.45) is 5.40. The van der Waals surface area contributed by atoms with Crippen molar-refractivity contribution < 1.29 is 4.79 Å². The van der Waals surface area contributed by atoms with Gasteiger partial charge in [-0.1, -0.05) is 36.4 Å². The molecule has 5 nitrogen and oxygen atoms in total. The van der Waals surface area contributed by atoms with E-state index in [1.54, 1.807) is 19.3 Å². The maximum atomic E-state index is 11.6. The Morgan fingerprint density at radius 3 is 2.68 bits per heavy atom. The van der Waals surface area contributed by atoms with Crippen molar-refractivity contribution in [1.29, 1.82) is 0 Å². The van der Waals surface area contributed by atoms with Gasteiger partial charge in [0, 0.05) is 29.2 Å². The number of fused-ring (bicyclic) bond motifs is 1. The van der Waals surface area contributed by atoms with Gasteiger partial charge in [0.05, 0.1) is 11.9 Å². The lowest BCUT2D eigenvalue weighted by Gasteiger charge is -2.08. The maximum absolute atomic E-state index is 11.6. The molecule has 4 aromatic rings. The molecular formula is C20H16N4O. The average molecular weight is 328 g/mol. The normalized spacial score (nSPS) is 10.8. The molecule has 0 fully saturated rings. The quantitative estimate of drug-likeness (QED) is 0.566. The molecule has 0 amide bonds. The third-order valence-corrected chi connectivity index (χ3v) is 4.03. The summed E-state index contributed by atoms with van der Waals surface area (Å²) in [5.74, 6) is 0.728. The van der Waals surface area contributed by atoms with Gasteiger partial charge in [0.1, 0.15) is 0 Å². The molecule has 0 unspecified atom stereocenters. The zero-order chi connectivity index (χ0) is 17.2. The first-order chi connectivity index (χ1) is 12.2. The van der Waals surface area contributed by atoms with Crippen LogP contribution in [0.1, 0.15) is 17.3 Å². The zero-order valence-electron chi connectivity index (χ0n) is 13.7. The Morgan fingerprint density at radius 1 is 1.04 bits per heavy atom. The molecule has 0 atom stereocenters. The molecule has 0 aliphatic rings. The average Bonchev–Trinajstić information content (AvgIpc) is 3.08. The molecule has 0 saturated heterocycles. The van der Waals surface area contributed by atoms with E-state index in [2.05, 4.69) is 15.3 Å². The molecule has 0 spiro atoms. The Labute approximate surface area is 145 Å². The number of anilines is 2. The molecule has 5 heteroatoms. The molecule has 0 bridgehead atoms. The van der Waals surface area contributed by atoms with Crippen molar-refractivity contribution in [1.82, 2.24) is 14.4 Å². The monoisotopic (exact) mass is 328 g/mol. The van der Waals surface area contributed by atoms with Gasteiger partial charge < -0.3 is 5.32 Å². The van der Waals surface area contributed by atoms with Gasteiger partial charge >= 0.3 is 0 Å². The second-order valence-corrected chi connectivity index (χ2v) is 5.74. The third kappa shape index (κ3) is 2.87. The number of para-hydroxylation sites is 1. The van der Waals surface area contributed by atoms with E-state index in [-0.39, 0.29) is 5.78 Å². The molecule has 4 rings (SSSR count). The van der Waals surface area contributed by atoms with E-state index in [1.807, 2.05) is 65.2 Å². The molecule has 0 saturated carbocycles. The standard InChI is InChI=1S/C20H16N4O/c1-14(25)15-6-5-7-16(12-15)18-13-22-20-19(21-10-11-24(18)20)23-17-8-3-2-4-9-17/h2-13H,1H3,(H,21,23). The number of benzene rings is 2. The van der Waals surface area contributed by atoms with Crippen molar-refractivity contribution in [3.8, 4) is 11.3 Å². The van der Waals surface area contributed by atoms with E-state index >= 15 is 0 Å². The van der Waals surface area contributed by atoms with E-state index in [0.29, 0.717) is 11.4 Å². The Bertz CT molecular complexity index is 1050. The van der Waals surface area contributed by atoms with Gasteiger partial charge in [0.25, 0.3) is 0 Å². The minimum absolute atomic E-state index is 0.0452. The largest absolute Gasteiger partial charge is 0.337 e. The summed E-state index contributed by atoms with van der Waals surface area (Å²) in [6.45, 7) is 1.57. The third-order valence-electron chi connectivity index (χ3n) is 4.03. The predicted molar refractivity (Wildman–Crippen MR) is 98.2 cm³/mol. The van der Waals surface area contributed by atoms with Crippen molar-refractivity contribution in [2.45, 2.75) is 6.92 Å². The van der Waals surface area contributed by atoms with Crippen LogP contribution in [0.25, 0.3) is 16.9 Å². The highest BCUT2D eigenvalue weighted by Gasteiger charge is 2.11. The van der Waals surface area contributed by atoms with Gasteiger partial charge in [-0.2, -0.15) is 0 Å². The highest BCUT2D eigenvalue weighted by atomic mass is 16.1. The fourth-order valence-corrected chi connectivity index (χ4v) is 2.78. The number of Topliss-reactive ketones (excluding diaryl/α,β-unsaturated/α-hetero) is 1. The van der Waals surface area contributed by atoms with Crippen molar-refractivity contribution in [2.24, 2.45) is 0 Å². The van der Waals surface area contributed by atoms with Crippen LogP contribution < -0.4 is 5.32 Å². The fourth-order valence-electron chi connectivity index (χ4n) is 2.78. The fraction of sp³-hybridized carbons (Fsp3) is 0.0500. The summed E-state index contributed by atoms with van der Waals surface area (Å²) in [7, 11) is 0. The van der Waals surface area contributed by atoms with Crippen LogP contribution in [0.2, 0.25) is 0 Å². The molecule has 1 N–H and O–H groups in total. The van der Waals surface area contributed by atoms with Crippen LogP contribution in [0.5, 0.6) is 0 Å². The van der Waals surface area contributed by atoms with E-state index in [9.17, 15) is 4.79 Å². The first-order valence-electron chi connectivity index (χ1n) is 7.98. The van der Waals surface area contributed by atoms with Crippen molar-refractivity contribution >= 4 is 22.9 Å². The number of rotatable bonds is 4. The first kappa shape index (κ1) is 15.1.